The molecule has 0 saturated carbocycles. The molecule has 1 rings (SSSR count). The Balaban J connectivity index is 2.39. The Kier molecular flexibility index (Phi) is 5.51. The molecule has 1 amide bonds. The molecule has 0 radical (unpaired) electrons. The number of ether oxygens (including phenoxy) is 1. The van der Waals surface area contributed by atoms with E-state index in [2.05, 4.69) is 15.6 Å². The van der Waals surface area contributed by atoms with Crippen molar-refractivity contribution in [3.05, 3.63) is 17.3 Å². The van der Waals surface area contributed by atoms with E-state index in [1.165, 1.54) is 0 Å². The fourth-order valence-electron chi connectivity index (χ4n) is 1.11. The largest absolute Gasteiger partial charge is 0.396 e. The smallest absolute Gasteiger partial charge is 0.239 e. The van der Waals surface area contributed by atoms with Crippen LogP contribution in [-0.2, 0) is 9.53 Å². The van der Waals surface area contributed by atoms with Gasteiger partial charge in [0, 0.05) is 13.7 Å². The van der Waals surface area contributed by atoms with Crippen LogP contribution in [-0.4, -0.2) is 37.7 Å². The number of nitrogens with one attached hydrogen (secondary N) is 2. The summed E-state index contributed by atoms with van der Waals surface area (Å²) in [4.78, 5) is 15.3. The standard InChI is InChI=1S/C10H15ClN4O2/c1-17-5-4-13-9(16)6-14-10-7(12)2-3-8(11)15-10/h2-3H,4-6,12H2,1H3,(H,13,16)(H,14,15). The zero-order valence-corrected chi connectivity index (χ0v) is 10.3. The zero-order chi connectivity index (χ0) is 12.7. The number of methoxy groups -OCH3 is 1. The lowest BCUT2D eigenvalue weighted by Crippen LogP contribution is -2.32. The summed E-state index contributed by atoms with van der Waals surface area (Å²) in [5, 5.41) is 5.79. The van der Waals surface area contributed by atoms with Crippen LogP contribution < -0.4 is 16.4 Å². The minimum Gasteiger partial charge on any atom is -0.396 e. The maximum atomic E-state index is 11.4. The quantitative estimate of drug-likeness (QED) is 0.511. The lowest BCUT2D eigenvalue weighted by atomic mass is 10.4. The topological polar surface area (TPSA) is 89.3 Å². The van der Waals surface area contributed by atoms with E-state index in [0.29, 0.717) is 29.8 Å². The van der Waals surface area contributed by atoms with Gasteiger partial charge in [0.1, 0.15) is 5.15 Å². The number of rotatable bonds is 6. The van der Waals surface area contributed by atoms with Gasteiger partial charge in [-0.05, 0) is 12.1 Å². The number of hydrogen-bond acceptors (Lipinski definition) is 5. The van der Waals surface area contributed by atoms with E-state index in [1.807, 2.05) is 0 Å². The van der Waals surface area contributed by atoms with Gasteiger partial charge in [-0.25, -0.2) is 4.98 Å². The van der Waals surface area contributed by atoms with Gasteiger partial charge in [-0.3, -0.25) is 4.79 Å². The lowest BCUT2D eigenvalue weighted by Gasteiger charge is -2.08. The third kappa shape index (κ3) is 4.88. The SMILES string of the molecule is COCCNC(=O)CNc1nc(Cl)ccc1N. The van der Waals surface area contributed by atoms with Crippen molar-refractivity contribution >= 4 is 29.0 Å². The first-order chi connectivity index (χ1) is 8.13. The number of carbonyl (C=O) groups excluding carboxylic acids is 1. The average molecular weight is 259 g/mol. The highest BCUT2D eigenvalue weighted by Crippen LogP contribution is 2.17. The zero-order valence-electron chi connectivity index (χ0n) is 9.50. The molecule has 0 aliphatic rings. The molecule has 1 aromatic heterocycles. The maximum absolute atomic E-state index is 11.4. The summed E-state index contributed by atoms with van der Waals surface area (Å²) in [5.74, 6) is 0.239. The average Bonchev–Trinajstić information content (AvgIpc) is 2.31. The summed E-state index contributed by atoms with van der Waals surface area (Å²) in [6.07, 6.45) is 0. The maximum Gasteiger partial charge on any atom is 0.239 e. The molecule has 1 aromatic rings. The van der Waals surface area contributed by atoms with Crippen molar-refractivity contribution in [2.24, 2.45) is 0 Å². The van der Waals surface area contributed by atoms with Crippen LogP contribution in [0.1, 0.15) is 0 Å². The van der Waals surface area contributed by atoms with Crippen LogP contribution in [0.25, 0.3) is 0 Å². The minimum atomic E-state index is -0.164. The Hall–Kier alpha value is -1.53. The van der Waals surface area contributed by atoms with Crippen molar-refractivity contribution in [1.29, 1.82) is 0 Å². The Bertz CT molecular complexity index is 387. The Morgan fingerprint density at radius 1 is 1.59 bits per heavy atom. The Morgan fingerprint density at radius 3 is 3.06 bits per heavy atom. The first-order valence-corrected chi connectivity index (χ1v) is 5.43. The molecule has 7 heteroatoms. The van der Waals surface area contributed by atoms with Gasteiger partial charge >= 0.3 is 0 Å². The fourth-order valence-corrected chi connectivity index (χ4v) is 1.25. The molecule has 4 N–H and O–H groups in total. The van der Waals surface area contributed by atoms with Gasteiger partial charge in [-0.2, -0.15) is 0 Å². The number of pyridine rings is 1. The molecule has 0 saturated heterocycles. The van der Waals surface area contributed by atoms with Crippen LogP contribution in [0, 0.1) is 0 Å². The summed E-state index contributed by atoms with van der Waals surface area (Å²) >= 11 is 5.71. The van der Waals surface area contributed by atoms with Crippen molar-refractivity contribution in [2.45, 2.75) is 0 Å². The number of nitrogens with zero attached hydrogens (tertiary/aromatic N) is 1. The van der Waals surface area contributed by atoms with E-state index in [0.717, 1.165) is 0 Å². The first kappa shape index (κ1) is 13.5. The number of anilines is 2. The van der Waals surface area contributed by atoms with Crippen LogP contribution in [0.2, 0.25) is 5.15 Å². The molecular weight excluding hydrogens is 244 g/mol. The number of halogens is 1. The van der Waals surface area contributed by atoms with Gasteiger partial charge in [-0.1, -0.05) is 11.6 Å². The summed E-state index contributed by atoms with van der Waals surface area (Å²) < 4.78 is 4.80. The number of hydrogen-bond donors (Lipinski definition) is 3. The van der Waals surface area contributed by atoms with Gasteiger partial charge in [0.15, 0.2) is 5.82 Å². The summed E-state index contributed by atoms with van der Waals surface area (Å²) in [7, 11) is 1.57. The monoisotopic (exact) mass is 258 g/mol. The van der Waals surface area contributed by atoms with Crippen molar-refractivity contribution in [3.8, 4) is 0 Å². The molecule has 0 fully saturated rings. The summed E-state index contributed by atoms with van der Waals surface area (Å²) in [6.45, 7) is 1.03. The number of nitrogen functional groups attached to an aromatic ring is 1. The van der Waals surface area contributed by atoms with E-state index in [9.17, 15) is 4.79 Å². The molecule has 94 valence electrons. The molecule has 6 nitrogen and oxygen atoms in total. The minimum absolute atomic E-state index is 0.0846. The number of carbonyl (C=O) groups is 1. The molecule has 17 heavy (non-hydrogen) atoms. The number of nitrogens with two attached hydrogens (primary N) is 1. The second kappa shape index (κ2) is 6.93. The lowest BCUT2D eigenvalue weighted by molar-refractivity contribution is -0.119. The van der Waals surface area contributed by atoms with E-state index in [-0.39, 0.29) is 12.5 Å². The van der Waals surface area contributed by atoms with Crippen LogP contribution in [0.5, 0.6) is 0 Å². The van der Waals surface area contributed by atoms with Gasteiger partial charge in [0.25, 0.3) is 0 Å². The molecule has 0 unspecified atom stereocenters. The molecule has 0 aromatic carbocycles. The molecule has 1 heterocycles. The van der Waals surface area contributed by atoms with Crippen molar-refractivity contribution < 1.29 is 9.53 Å². The van der Waals surface area contributed by atoms with Crippen LogP contribution >= 0.6 is 11.6 Å². The van der Waals surface area contributed by atoms with E-state index >= 15 is 0 Å². The highest BCUT2D eigenvalue weighted by molar-refractivity contribution is 6.29. The normalized spacial score (nSPS) is 10.0. The Labute approximate surface area is 104 Å². The molecule has 0 atom stereocenters. The van der Waals surface area contributed by atoms with Gasteiger partial charge in [0.05, 0.1) is 18.8 Å². The first-order valence-electron chi connectivity index (χ1n) is 5.05. The third-order valence-electron chi connectivity index (χ3n) is 1.94. The predicted octanol–water partition coefficient (Wildman–Crippen LogP) is 0.492. The third-order valence-corrected chi connectivity index (χ3v) is 2.15. The van der Waals surface area contributed by atoms with E-state index < -0.39 is 0 Å². The predicted molar refractivity (Wildman–Crippen MR) is 67.0 cm³/mol. The van der Waals surface area contributed by atoms with Gasteiger partial charge in [-0.15, -0.1) is 0 Å². The molecule has 0 bridgehead atoms. The van der Waals surface area contributed by atoms with E-state index in [1.54, 1.807) is 19.2 Å². The fraction of sp³-hybridized carbons (Fsp3) is 0.400. The van der Waals surface area contributed by atoms with Crippen LogP contribution in [0.3, 0.4) is 0 Å². The highest BCUT2D eigenvalue weighted by Gasteiger charge is 2.04. The van der Waals surface area contributed by atoms with Crippen LogP contribution in [0.4, 0.5) is 11.5 Å². The van der Waals surface area contributed by atoms with Crippen LogP contribution in [0.15, 0.2) is 12.1 Å². The number of amides is 1. The van der Waals surface area contributed by atoms with Crippen molar-refractivity contribution in [3.63, 3.8) is 0 Å². The van der Waals surface area contributed by atoms with Gasteiger partial charge in [0.2, 0.25) is 5.91 Å². The second-order valence-electron chi connectivity index (χ2n) is 3.27. The molecule has 0 aliphatic heterocycles. The highest BCUT2D eigenvalue weighted by atomic mass is 35.5. The van der Waals surface area contributed by atoms with E-state index in [4.69, 9.17) is 22.1 Å². The molecule has 0 spiro atoms. The van der Waals surface area contributed by atoms with Crippen molar-refractivity contribution in [1.82, 2.24) is 10.3 Å². The summed E-state index contributed by atoms with van der Waals surface area (Å²) in [5.41, 5.74) is 6.11. The Morgan fingerprint density at radius 2 is 2.35 bits per heavy atom. The van der Waals surface area contributed by atoms with Gasteiger partial charge < -0.3 is 21.1 Å². The summed E-state index contributed by atoms with van der Waals surface area (Å²) in [6, 6.07) is 3.21. The number of aromatic nitrogens is 1. The molecular formula is C10H15ClN4O2. The van der Waals surface area contributed by atoms with Crippen molar-refractivity contribution in [2.75, 3.05) is 37.9 Å². The molecule has 0 aliphatic carbocycles. The second-order valence-corrected chi connectivity index (χ2v) is 3.66.